The molecule has 2 fully saturated rings. The Morgan fingerprint density at radius 2 is 2.00 bits per heavy atom. The number of halogens is 1. The van der Waals surface area contributed by atoms with Crippen LogP contribution in [0.4, 0.5) is 21.8 Å². The van der Waals surface area contributed by atoms with Crippen molar-refractivity contribution in [1.82, 2.24) is 20.2 Å². The summed E-state index contributed by atoms with van der Waals surface area (Å²) in [7, 11) is 4.25. The lowest BCUT2D eigenvalue weighted by molar-refractivity contribution is 0.245. The van der Waals surface area contributed by atoms with Gasteiger partial charge in [0.15, 0.2) is 0 Å². The lowest BCUT2D eigenvalue weighted by Crippen LogP contribution is -2.58. The van der Waals surface area contributed by atoms with E-state index in [0.29, 0.717) is 18.5 Å². The van der Waals surface area contributed by atoms with Crippen molar-refractivity contribution in [2.75, 3.05) is 68.1 Å². The van der Waals surface area contributed by atoms with Crippen LogP contribution < -0.4 is 20.0 Å². The van der Waals surface area contributed by atoms with Crippen LogP contribution >= 0.6 is 0 Å². The molecule has 0 saturated carbocycles. The summed E-state index contributed by atoms with van der Waals surface area (Å²) in [4.78, 5) is 19.7. The van der Waals surface area contributed by atoms with Gasteiger partial charge in [0.1, 0.15) is 11.6 Å². The Bertz CT molecular complexity index is 1190. The van der Waals surface area contributed by atoms with E-state index in [1.54, 1.807) is 12.1 Å². The normalized spacial score (nSPS) is 23.9. The van der Waals surface area contributed by atoms with Gasteiger partial charge in [-0.15, -0.1) is 0 Å². The average molecular weight is 505 g/mol. The molecule has 196 valence electrons. The van der Waals surface area contributed by atoms with Gasteiger partial charge in [-0.1, -0.05) is 6.07 Å². The molecule has 4 aliphatic rings. The molecular weight excluding hydrogens is 467 g/mol. The minimum absolute atomic E-state index is 0.158. The Balaban J connectivity index is 1.32. The van der Waals surface area contributed by atoms with E-state index in [2.05, 4.69) is 45.1 Å². The second-order valence-corrected chi connectivity index (χ2v) is 11.2. The first-order chi connectivity index (χ1) is 18.0. The number of nitriles is 1. The van der Waals surface area contributed by atoms with Crippen LogP contribution in [-0.2, 0) is 19.3 Å². The van der Waals surface area contributed by atoms with E-state index in [1.807, 2.05) is 6.07 Å². The molecule has 8 nitrogen and oxygen atoms in total. The molecule has 0 unspecified atom stereocenters. The van der Waals surface area contributed by atoms with E-state index in [4.69, 9.17) is 9.97 Å². The van der Waals surface area contributed by atoms with Crippen molar-refractivity contribution in [3.63, 3.8) is 0 Å². The zero-order chi connectivity index (χ0) is 25.5. The van der Waals surface area contributed by atoms with E-state index in [1.165, 1.54) is 11.1 Å². The molecule has 2 atom stereocenters. The molecule has 1 aromatic carbocycles. The predicted molar refractivity (Wildman–Crippen MR) is 144 cm³/mol. The monoisotopic (exact) mass is 504 g/mol. The Labute approximate surface area is 219 Å². The zero-order valence-corrected chi connectivity index (χ0v) is 22.0. The Hall–Kier alpha value is -2.96. The summed E-state index contributed by atoms with van der Waals surface area (Å²) in [5, 5.41) is 12.7. The third kappa shape index (κ3) is 4.73. The Kier molecular flexibility index (Phi) is 6.63. The molecule has 0 spiro atoms. The molecule has 9 heteroatoms. The molecule has 1 aromatic heterocycles. The minimum atomic E-state index is -0.160. The number of fused-ring (bicyclic) bond motifs is 2. The topological polar surface area (TPSA) is 74.6 Å². The van der Waals surface area contributed by atoms with Gasteiger partial charge in [-0.2, -0.15) is 10.2 Å². The number of aromatic nitrogens is 2. The van der Waals surface area contributed by atoms with E-state index < -0.39 is 0 Å². The molecule has 1 aliphatic carbocycles. The summed E-state index contributed by atoms with van der Waals surface area (Å²) in [6, 6.07) is 8.58. The number of nitrogens with one attached hydrogen (secondary N) is 1. The summed E-state index contributed by atoms with van der Waals surface area (Å²) < 4.78 is 14.2. The molecule has 2 aromatic rings. The standard InChI is InChI=1S/C28H37FN8/c1-34(2)23-17-36(18-23)28-32-25-15-22(37-12-3-4-19-5-6-20(29)14-26(19)37)7-8-24(25)27(33-28)35-13-11-31-21(16-35)9-10-30/h5-6,14,21-23,31H,3-4,7-9,11-13,15-18H2,1-2H3/t21-,22+/m0/s1. The van der Waals surface area contributed by atoms with Crippen molar-refractivity contribution >= 4 is 17.5 Å². The van der Waals surface area contributed by atoms with Crippen molar-refractivity contribution in [3.8, 4) is 6.07 Å². The summed E-state index contributed by atoms with van der Waals surface area (Å²) >= 11 is 0. The van der Waals surface area contributed by atoms with Crippen LogP contribution in [0.2, 0.25) is 0 Å². The molecule has 2 saturated heterocycles. The van der Waals surface area contributed by atoms with Gasteiger partial charge in [0.05, 0.1) is 18.2 Å². The highest BCUT2D eigenvalue weighted by atomic mass is 19.1. The van der Waals surface area contributed by atoms with Gasteiger partial charge in [0, 0.05) is 75.1 Å². The van der Waals surface area contributed by atoms with Crippen LogP contribution in [0.3, 0.4) is 0 Å². The Morgan fingerprint density at radius 3 is 2.81 bits per heavy atom. The number of aryl methyl sites for hydroxylation is 1. The molecule has 4 heterocycles. The maximum absolute atomic E-state index is 14.2. The summed E-state index contributed by atoms with van der Waals surface area (Å²) in [5.74, 6) is 1.72. The van der Waals surface area contributed by atoms with E-state index >= 15 is 0 Å². The molecule has 0 amide bonds. The highest BCUT2D eigenvalue weighted by Gasteiger charge is 2.36. The van der Waals surface area contributed by atoms with Crippen molar-refractivity contribution in [2.24, 2.45) is 0 Å². The third-order valence-corrected chi connectivity index (χ3v) is 8.63. The van der Waals surface area contributed by atoms with Crippen LogP contribution in [0.5, 0.6) is 0 Å². The van der Waals surface area contributed by atoms with E-state index in [0.717, 1.165) is 94.5 Å². The first kappa shape index (κ1) is 24.4. The lowest BCUT2D eigenvalue weighted by atomic mass is 9.88. The largest absolute Gasteiger partial charge is 0.368 e. The van der Waals surface area contributed by atoms with Crippen LogP contribution in [-0.4, -0.2) is 86.4 Å². The third-order valence-electron chi connectivity index (χ3n) is 8.63. The number of piperazine rings is 1. The average Bonchev–Trinajstić information content (AvgIpc) is 2.87. The van der Waals surface area contributed by atoms with Crippen molar-refractivity contribution in [3.05, 3.63) is 40.8 Å². The van der Waals surface area contributed by atoms with Crippen LogP contribution in [0.25, 0.3) is 0 Å². The SMILES string of the molecule is CN(C)C1CN(c2nc3c(c(N4CCN[C@@H](CC#N)C4)n2)CC[C@@H](N2CCCc4ccc(F)cc42)C3)C1. The summed E-state index contributed by atoms with van der Waals surface area (Å²) in [6.07, 6.45) is 5.40. The Morgan fingerprint density at radius 1 is 1.14 bits per heavy atom. The fourth-order valence-corrected chi connectivity index (χ4v) is 6.40. The number of benzene rings is 1. The molecular formula is C28H37FN8. The van der Waals surface area contributed by atoms with Gasteiger partial charge in [-0.3, -0.25) is 0 Å². The van der Waals surface area contributed by atoms with Crippen molar-refractivity contribution in [1.29, 1.82) is 5.26 Å². The molecule has 0 bridgehead atoms. The van der Waals surface area contributed by atoms with Crippen molar-refractivity contribution in [2.45, 2.75) is 56.7 Å². The molecule has 37 heavy (non-hydrogen) atoms. The smallest absolute Gasteiger partial charge is 0.227 e. The number of hydrogen-bond donors (Lipinski definition) is 1. The first-order valence-corrected chi connectivity index (χ1v) is 13.7. The molecule has 0 radical (unpaired) electrons. The molecule has 3 aliphatic heterocycles. The fourth-order valence-electron chi connectivity index (χ4n) is 6.40. The van der Waals surface area contributed by atoms with Gasteiger partial charge >= 0.3 is 0 Å². The summed E-state index contributed by atoms with van der Waals surface area (Å²) in [6.45, 7) is 5.36. The van der Waals surface area contributed by atoms with Gasteiger partial charge in [-0.05, 0) is 57.5 Å². The second-order valence-electron chi connectivity index (χ2n) is 11.2. The predicted octanol–water partition coefficient (Wildman–Crippen LogP) is 2.37. The van der Waals surface area contributed by atoms with Crippen LogP contribution in [0.1, 0.15) is 36.1 Å². The minimum Gasteiger partial charge on any atom is -0.368 e. The summed E-state index contributed by atoms with van der Waals surface area (Å²) in [5.41, 5.74) is 4.72. The zero-order valence-electron chi connectivity index (χ0n) is 22.0. The first-order valence-electron chi connectivity index (χ1n) is 13.7. The van der Waals surface area contributed by atoms with E-state index in [-0.39, 0.29) is 11.9 Å². The number of likely N-dealkylation sites (N-methyl/N-ethyl adjacent to an activating group) is 1. The fraction of sp³-hybridized carbons (Fsp3) is 0.607. The van der Waals surface area contributed by atoms with Crippen molar-refractivity contribution < 1.29 is 4.39 Å². The number of hydrogen-bond acceptors (Lipinski definition) is 8. The van der Waals surface area contributed by atoms with Crippen LogP contribution in [0, 0.1) is 17.1 Å². The lowest BCUT2D eigenvalue weighted by Gasteiger charge is -2.44. The highest BCUT2D eigenvalue weighted by molar-refractivity contribution is 5.59. The van der Waals surface area contributed by atoms with Gasteiger partial charge in [0.2, 0.25) is 5.95 Å². The van der Waals surface area contributed by atoms with Gasteiger partial charge in [0.25, 0.3) is 0 Å². The maximum Gasteiger partial charge on any atom is 0.227 e. The van der Waals surface area contributed by atoms with Gasteiger partial charge < -0.3 is 24.9 Å². The molecule has 1 N–H and O–H groups in total. The molecule has 6 rings (SSSR count). The maximum atomic E-state index is 14.2. The van der Waals surface area contributed by atoms with E-state index in [9.17, 15) is 9.65 Å². The highest BCUT2D eigenvalue weighted by Crippen LogP contribution is 2.37. The van der Waals surface area contributed by atoms with Gasteiger partial charge in [-0.25, -0.2) is 9.37 Å². The van der Waals surface area contributed by atoms with Crippen LogP contribution in [0.15, 0.2) is 18.2 Å². The number of anilines is 3. The number of rotatable bonds is 5. The quantitative estimate of drug-likeness (QED) is 0.666. The number of nitrogens with zero attached hydrogens (tertiary/aromatic N) is 7. The second kappa shape index (κ2) is 10.1.